The molecule has 3 aromatic rings. The summed E-state index contributed by atoms with van der Waals surface area (Å²) in [5.41, 5.74) is 2.78. The second kappa shape index (κ2) is 5.85. The van der Waals surface area contributed by atoms with Crippen molar-refractivity contribution in [3.63, 3.8) is 0 Å². The van der Waals surface area contributed by atoms with E-state index in [0.29, 0.717) is 17.0 Å². The molecule has 0 aliphatic carbocycles. The molecule has 0 amide bonds. The van der Waals surface area contributed by atoms with Crippen molar-refractivity contribution in [3.05, 3.63) is 65.3 Å². The van der Waals surface area contributed by atoms with Gasteiger partial charge in [-0.3, -0.25) is 0 Å². The van der Waals surface area contributed by atoms with Gasteiger partial charge in [-0.2, -0.15) is 5.10 Å². The van der Waals surface area contributed by atoms with E-state index >= 15 is 0 Å². The highest BCUT2D eigenvalue weighted by molar-refractivity contribution is 5.91. The number of benzene rings is 1. The third-order valence-corrected chi connectivity index (χ3v) is 3.31. The number of nitrogens with zero attached hydrogens (tertiary/aromatic N) is 3. The smallest absolute Gasteiger partial charge is 0.344 e. The summed E-state index contributed by atoms with van der Waals surface area (Å²) < 4.78 is 12.0. The minimum absolute atomic E-state index is 0.197. The topological polar surface area (TPSA) is 70.2 Å². The van der Waals surface area contributed by atoms with Gasteiger partial charge in [0.25, 0.3) is 0 Å². The Balaban J connectivity index is 1.66. The number of rotatable bonds is 4. The van der Waals surface area contributed by atoms with Crippen LogP contribution < -0.4 is 0 Å². The molecule has 0 saturated carbocycles. The molecule has 3 rings (SSSR count). The van der Waals surface area contributed by atoms with Gasteiger partial charge in [-0.25, -0.2) is 9.48 Å². The molecule has 0 N–H and O–H groups in total. The fraction of sp³-hybridized carbons (Fsp3) is 0.188. The van der Waals surface area contributed by atoms with Crippen LogP contribution in [0.5, 0.6) is 0 Å². The normalized spacial score (nSPS) is 10.6. The van der Waals surface area contributed by atoms with Crippen LogP contribution in [0.15, 0.2) is 47.2 Å². The van der Waals surface area contributed by atoms with Crippen LogP contribution in [0.4, 0.5) is 0 Å². The molecule has 2 aromatic heterocycles. The van der Waals surface area contributed by atoms with E-state index in [9.17, 15) is 4.79 Å². The molecule has 0 saturated heterocycles. The lowest BCUT2D eigenvalue weighted by Gasteiger charge is -2.06. The van der Waals surface area contributed by atoms with Crippen molar-refractivity contribution in [2.45, 2.75) is 20.5 Å². The quantitative estimate of drug-likeness (QED) is 0.692. The van der Waals surface area contributed by atoms with Gasteiger partial charge in [0.15, 0.2) is 0 Å². The minimum Gasteiger partial charge on any atom is -0.457 e. The first-order valence-corrected chi connectivity index (χ1v) is 6.84. The van der Waals surface area contributed by atoms with Gasteiger partial charge in [-0.05, 0) is 37.6 Å². The number of carbonyl (C=O) groups excluding carboxylic acids is 1. The van der Waals surface area contributed by atoms with Gasteiger partial charge in [0.1, 0.15) is 17.9 Å². The highest BCUT2D eigenvalue weighted by Crippen LogP contribution is 2.15. The molecule has 0 aliphatic heterocycles. The maximum atomic E-state index is 12.0. The van der Waals surface area contributed by atoms with Crippen LogP contribution in [0.25, 0.3) is 5.69 Å². The third kappa shape index (κ3) is 2.76. The molecule has 0 radical (unpaired) electrons. The largest absolute Gasteiger partial charge is 0.457 e. The molecule has 0 bridgehead atoms. The van der Waals surface area contributed by atoms with E-state index in [1.54, 1.807) is 24.7 Å². The summed E-state index contributed by atoms with van der Waals surface area (Å²) in [4.78, 5) is 12.0. The maximum absolute atomic E-state index is 12.0. The third-order valence-electron chi connectivity index (χ3n) is 3.31. The van der Waals surface area contributed by atoms with Crippen LogP contribution in [-0.2, 0) is 11.3 Å². The SMILES string of the molecule is Cc1noc(C)c1C(=O)OCc1ccc(-n2cccn2)cc1. The summed E-state index contributed by atoms with van der Waals surface area (Å²) >= 11 is 0. The molecule has 0 aliphatic rings. The van der Waals surface area contributed by atoms with Crippen molar-refractivity contribution < 1.29 is 14.1 Å². The van der Waals surface area contributed by atoms with Gasteiger partial charge in [0.2, 0.25) is 0 Å². The highest BCUT2D eigenvalue weighted by Gasteiger charge is 2.18. The molecule has 0 atom stereocenters. The van der Waals surface area contributed by atoms with Crippen LogP contribution in [0, 0.1) is 13.8 Å². The van der Waals surface area contributed by atoms with Gasteiger partial charge in [-0.15, -0.1) is 0 Å². The second-order valence-corrected chi connectivity index (χ2v) is 4.89. The first-order chi connectivity index (χ1) is 10.6. The number of aryl methyl sites for hydroxylation is 2. The van der Waals surface area contributed by atoms with E-state index in [1.165, 1.54) is 0 Å². The van der Waals surface area contributed by atoms with E-state index in [0.717, 1.165) is 11.3 Å². The average molecular weight is 297 g/mol. The highest BCUT2D eigenvalue weighted by atomic mass is 16.5. The minimum atomic E-state index is -0.424. The molecule has 0 fully saturated rings. The lowest BCUT2D eigenvalue weighted by molar-refractivity contribution is 0.0470. The summed E-state index contributed by atoms with van der Waals surface area (Å²) in [5.74, 6) is 0.0453. The summed E-state index contributed by atoms with van der Waals surface area (Å²) in [6, 6.07) is 9.51. The Hall–Kier alpha value is -2.89. The summed E-state index contributed by atoms with van der Waals surface area (Å²) in [6.45, 7) is 3.60. The molecule has 0 spiro atoms. The number of ether oxygens (including phenoxy) is 1. The molecule has 112 valence electrons. The van der Waals surface area contributed by atoms with Crippen LogP contribution in [0.3, 0.4) is 0 Å². The zero-order valence-corrected chi connectivity index (χ0v) is 12.3. The van der Waals surface area contributed by atoms with E-state index in [2.05, 4.69) is 10.3 Å². The molecular formula is C16H15N3O3. The van der Waals surface area contributed by atoms with Crippen LogP contribution in [-0.4, -0.2) is 20.9 Å². The van der Waals surface area contributed by atoms with Gasteiger partial charge < -0.3 is 9.26 Å². The maximum Gasteiger partial charge on any atom is 0.344 e. The van der Waals surface area contributed by atoms with Gasteiger partial charge in [0.05, 0.1) is 11.4 Å². The molecule has 22 heavy (non-hydrogen) atoms. The Morgan fingerprint density at radius 2 is 2.05 bits per heavy atom. The summed E-state index contributed by atoms with van der Waals surface area (Å²) in [7, 11) is 0. The number of hydrogen-bond donors (Lipinski definition) is 0. The Kier molecular flexibility index (Phi) is 3.74. The molecule has 6 nitrogen and oxygen atoms in total. The number of hydrogen-bond acceptors (Lipinski definition) is 5. The molecule has 0 unspecified atom stereocenters. The molecule has 2 heterocycles. The van der Waals surface area contributed by atoms with E-state index in [4.69, 9.17) is 9.26 Å². The Labute approximate surface area is 127 Å². The van der Waals surface area contributed by atoms with E-state index in [-0.39, 0.29) is 6.61 Å². The fourth-order valence-electron chi connectivity index (χ4n) is 2.16. The lowest BCUT2D eigenvalue weighted by Crippen LogP contribution is -2.07. The number of aromatic nitrogens is 3. The lowest BCUT2D eigenvalue weighted by atomic mass is 10.2. The summed E-state index contributed by atoms with van der Waals surface area (Å²) in [5, 5.41) is 7.90. The first-order valence-electron chi connectivity index (χ1n) is 6.84. The van der Waals surface area contributed by atoms with Crippen molar-refractivity contribution in [3.8, 4) is 5.69 Å². The molecular weight excluding hydrogens is 282 g/mol. The van der Waals surface area contributed by atoms with Crippen molar-refractivity contribution in [2.24, 2.45) is 0 Å². The second-order valence-electron chi connectivity index (χ2n) is 4.89. The van der Waals surface area contributed by atoms with Gasteiger partial charge in [-0.1, -0.05) is 17.3 Å². The molecule has 1 aromatic carbocycles. The van der Waals surface area contributed by atoms with Crippen LogP contribution in [0.1, 0.15) is 27.4 Å². The Morgan fingerprint density at radius 3 is 2.64 bits per heavy atom. The standard InChI is InChI=1S/C16H15N3O3/c1-11-15(12(2)22-18-11)16(20)21-10-13-4-6-14(7-5-13)19-9-3-8-17-19/h3-9H,10H2,1-2H3. The fourth-order valence-corrected chi connectivity index (χ4v) is 2.16. The Morgan fingerprint density at radius 1 is 1.27 bits per heavy atom. The van der Waals surface area contributed by atoms with Gasteiger partial charge >= 0.3 is 5.97 Å². The van der Waals surface area contributed by atoms with Crippen LogP contribution >= 0.6 is 0 Å². The van der Waals surface area contributed by atoms with Crippen molar-refractivity contribution in [1.82, 2.24) is 14.9 Å². The van der Waals surface area contributed by atoms with E-state index in [1.807, 2.05) is 36.5 Å². The number of carbonyl (C=O) groups is 1. The van der Waals surface area contributed by atoms with Crippen molar-refractivity contribution in [2.75, 3.05) is 0 Å². The predicted molar refractivity (Wildman–Crippen MR) is 78.7 cm³/mol. The Bertz CT molecular complexity index is 754. The average Bonchev–Trinajstić information content (AvgIpc) is 3.16. The zero-order valence-electron chi connectivity index (χ0n) is 12.3. The van der Waals surface area contributed by atoms with E-state index < -0.39 is 5.97 Å². The van der Waals surface area contributed by atoms with Crippen LogP contribution in [0.2, 0.25) is 0 Å². The monoisotopic (exact) mass is 297 g/mol. The number of esters is 1. The van der Waals surface area contributed by atoms with Crippen molar-refractivity contribution >= 4 is 5.97 Å². The zero-order chi connectivity index (χ0) is 15.5. The molecule has 6 heteroatoms. The first kappa shape index (κ1) is 14.1. The predicted octanol–water partition coefficient (Wildman–Crippen LogP) is 2.83. The summed E-state index contributed by atoms with van der Waals surface area (Å²) in [6.07, 6.45) is 3.59. The van der Waals surface area contributed by atoms with Gasteiger partial charge in [0, 0.05) is 12.4 Å². The van der Waals surface area contributed by atoms with Crippen molar-refractivity contribution in [1.29, 1.82) is 0 Å².